The smallest absolute Gasteiger partial charge is 0.271 e. The Labute approximate surface area is 125 Å². The molecule has 0 saturated heterocycles. The quantitative estimate of drug-likeness (QED) is 0.885. The maximum absolute atomic E-state index is 13.1. The Balaban J connectivity index is 2.06. The van der Waals surface area contributed by atoms with Gasteiger partial charge in [-0.15, -0.1) is 11.3 Å². The second-order valence-electron chi connectivity index (χ2n) is 4.57. The second kappa shape index (κ2) is 6.62. The van der Waals surface area contributed by atoms with E-state index in [1.54, 1.807) is 5.38 Å². The van der Waals surface area contributed by atoms with E-state index in [1.807, 2.05) is 13.8 Å². The summed E-state index contributed by atoms with van der Waals surface area (Å²) < 4.78 is 25.9. The first-order valence-corrected chi connectivity index (χ1v) is 7.36. The van der Waals surface area contributed by atoms with E-state index in [-0.39, 0.29) is 11.9 Å². The summed E-state index contributed by atoms with van der Waals surface area (Å²) in [5.41, 5.74) is 0.669. The lowest BCUT2D eigenvalue weighted by molar-refractivity contribution is 0.0935. The second-order valence-corrected chi connectivity index (χ2v) is 5.43. The zero-order valence-electron chi connectivity index (χ0n) is 11.6. The number of halogens is 2. The highest BCUT2D eigenvalue weighted by Crippen LogP contribution is 2.22. The highest BCUT2D eigenvalue weighted by atomic mass is 32.1. The lowest BCUT2D eigenvalue weighted by Gasteiger charge is -2.09. The molecule has 1 atom stereocenters. The van der Waals surface area contributed by atoms with Crippen molar-refractivity contribution in [1.82, 2.24) is 10.3 Å². The first-order valence-electron chi connectivity index (χ1n) is 6.48. The summed E-state index contributed by atoms with van der Waals surface area (Å²) >= 11 is 1.22. The fraction of sp³-hybridized carbons (Fsp3) is 0.286. The van der Waals surface area contributed by atoms with Crippen LogP contribution in [0.2, 0.25) is 0 Å². The molecule has 7 heteroatoms. The normalized spacial score (nSPS) is 12.0. The first-order chi connectivity index (χ1) is 9.99. The number of rotatable bonds is 5. The zero-order chi connectivity index (χ0) is 15.4. The molecule has 1 heterocycles. The molecule has 0 spiro atoms. The van der Waals surface area contributed by atoms with Crippen LogP contribution < -0.4 is 10.6 Å². The van der Waals surface area contributed by atoms with E-state index in [1.165, 1.54) is 17.4 Å². The van der Waals surface area contributed by atoms with Crippen LogP contribution in [0.25, 0.3) is 0 Å². The van der Waals surface area contributed by atoms with Crippen molar-refractivity contribution in [2.45, 2.75) is 26.3 Å². The molecule has 0 aliphatic carbocycles. The third-order valence-corrected chi connectivity index (χ3v) is 3.66. The average Bonchev–Trinajstić information content (AvgIpc) is 2.91. The van der Waals surface area contributed by atoms with E-state index in [0.29, 0.717) is 16.5 Å². The van der Waals surface area contributed by atoms with Gasteiger partial charge in [0.25, 0.3) is 5.91 Å². The van der Waals surface area contributed by atoms with E-state index in [4.69, 9.17) is 0 Å². The van der Waals surface area contributed by atoms with E-state index < -0.39 is 11.6 Å². The maximum atomic E-state index is 13.1. The Morgan fingerprint density at radius 1 is 1.38 bits per heavy atom. The number of amides is 1. The van der Waals surface area contributed by atoms with Crippen LogP contribution >= 0.6 is 11.3 Å². The number of hydrogen-bond acceptors (Lipinski definition) is 4. The molecule has 4 nitrogen and oxygen atoms in total. The van der Waals surface area contributed by atoms with Gasteiger partial charge in [-0.25, -0.2) is 13.8 Å². The Bertz CT molecular complexity index is 645. The molecule has 21 heavy (non-hydrogen) atoms. The van der Waals surface area contributed by atoms with E-state index in [9.17, 15) is 13.6 Å². The summed E-state index contributed by atoms with van der Waals surface area (Å²) in [6, 6.07) is 3.54. The first kappa shape index (κ1) is 15.4. The number of anilines is 2. The van der Waals surface area contributed by atoms with Crippen LogP contribution in [0.5, 0.6) is 0 Å². The minimum absolute atomic E-state index is 0.0711. The minimum atomic E-state index is -0.939. The van der Waals surface area contributed by atoms with Gasteiger partial charge in [0.2, 0.25) is 0 Å². The fourth-order valence-electron chi connectivity index (χ4n) is 1.53. The molecule has 1 amide bonds. The Hall–Kier alpha value is -2.02. The molecule has 1 aromatic heterocycles. The summed E-state index contributed by atoms with van der Waals surface area (Å²) in [4.78, 5) is 16.0. The van der Waals surface area contributed by atoms with Crippen molar-refractivity contribution in [3.63, 3.8) is 0 Å². The van der Waals surface area contributed by atoms with Gasteiger partial charge in [-0.3, -0.25) is 4.79 Å². The van der Waals surface area contributed by atoms with Gasteiger partial charge in [0.1, 0.15) is 5.69 Å². The molecule has 1 aromatic carbocycles. The molecular weight excluding hydrogens is 296 g/mol. The third kappa shape index (κ3) is 3.98. The molecule has 0 radical (unpaired) electrons. The number of carbonyl (C=O) groups is 1. The van der Waals surface area contributed by atoms with Crippen LogP contribution in [-0.4, -0.2) is 16.9 Å². The summed E-state index contributed by atoms with van der Waals surface area (Å²) in [5.74, 6) is -2.10. The highest BCUT2D eigenvalue weighted by molar-refractivity contribution is 7.14. The summed E-state index contributed by atoms with van der Waals surface area (Å²) in [5, 5.41) is 7.69. The van der Waals surface area contributed by atoms with Crippen molar-refractivity contribution in [2.75, 3.05) is 5.32 Å². The van der Waals surface area contributed by atoms with Crippen molar-refractivity contribution in [1.29, 1.82) is 0 Å². The molecule has 2 aromatic rings. The summed E-state index contributed by atoms with van der Waals surface area (Å²) in [7, 11) is 0. The third-order valence-electron chi connectivity index (χ3n) is 2.90. The molecule has 112 valence electrons. The Morgan fingerprint density at radius 3 is 2.81 bits per heavy atom. The molecule has 2 N–H and O–H groups in total. The zero-order valence-corrected chi connectivity index (χ0v) is 12.4. The van der Waals surface area contributed by atoms with Gasteiger partial charge >= 0.3 is 0 Å². The van der Waals surface area contributed by atoms with Crippen molar-refractivity contribution in [3.05, 3.63) is 40.9 Å². The largest absolute Gasteiger partial charge is 0.348 e. The molecule has 0 fully saturated rings. The lowest BCUT2D eigenvalue weighted by Crippen LogP contribution is -2.32. The average molecular weight is 311 g/mol. The van der Waals surface area contributed by atoms with Crippen molar-refractivity contribution < 1.29 is 13.6 Å². The monoisotopic (exact) mass is 311 g/mol. The summed E-state index contributed by atoms with van der Waals surface area (Å²) in [6.45, 7) is 3.88. The van der Waals surface area contributed by atoms with Crippen LogP contribution in [-0.2, 0) is 0 Å². The van der Waals surface area contributed by atoms with E-state index in [2.05, 4.69) is 15.6 Å². The van der Waals surface area contributed by atoms with Crippen LogP contribution in [0.1, 0.15) is 30.8 Å². The van der Waals surface area contributed by atoms with Gasteiger partial charge in [0, 0.05) is 23.2 Å². The van der Waals surface area contributed by atoms with Gasteiger partial charge in [-0.2, -0.15) is 0 Å². The fourth-order valence-corrected chi connectivity index (χ4v) is 2.24. The van der Waals surface area contributed by atoms with Crippen molar-refractivity contribution in [2.24, 2.45) is 0 Å². The molecular formula is C14H15F2N3OS. The van der Waals surface area contributed by atoms with E-state index in [0.717, 1.165) is 18.6 Å². The number of thiazole rings is 1. The van der Waals surface area contributed by atoms with Crippen LogP contribution in [0.15, 0.2) is 23.6 Å². The minimum Gasteiger partial charge on any atom is -0.348 e. The Kier molecular flexibility index (Phi) is 4.85. The number of aromatic nitrogens is 1. The van der Waals surface area contributed by atoms with Gasteiger partial charge in [-0.1, -0.05) is 6.92 Å². The molecule has 0 unspecified atom stereocenters. The predicted octanol–water partition coefficient (Wildman–Crippen LogP) is 3.69. The molecule has 0 saturated carbocycles. The summed E-state index contributed by atoms with van der Waals surface area (Å²) in [6.07, 6.45) is 0.829. The molecule has 0 aliphatic heterocycles. The van der Waals surface area contributed by atoms with Crippen LogP contribution in [0, 0.1) is 11.6 Å². The predicted molar refractivity (Wildman–Crippen MR) is 79.0 cm³/mol. The highest BCUT2D eigenvalue weighted by Gasteiger charge is 2.13. The van der Waals surface area contributed by atoms with Crippen LogP contribution in [0.3, 0.4) is 0 Å². The van der Waals surface area contributed by atoms with Gasteiger partial charge < -0.3 is 10.6 Å². The molecule has 0 bridgehead atoms. The van der Waals surface area contributed by atoms with Crippen molar-refractivity contribution >= 4 is 28.1 Å². The topological polar surface area (TPSA) is 54.0 Å². The SMILES string of the molecule is CC[C@H](C)NC(=O)c1csc(Nc2ccc(F)c(F)c2)n1. The van der Waals surface area contributed by atoms with Gasteiger partial charge in [0.05, 0.1) is 0 Å². The Morgan fingerprint density at radius 2 is 2.14 bits per heavy atom. The number of carbonyl (C=O) groups excluding carboxylic acids is 1. The standard InChI is InChI=1S/C14H15F2N3OS/c1-3-8(2)17-13(20)12-7-21-14(19-12)18-9-4-5-10(15)11(16)6-9/h4-8H,3H2,1-2H3,(H,17,20)(H,18,19)/t8-/m0/s1. The number of nitrogens with zero attached hydrogens (tertiary/aromatic N) is 1. The van der Waals surface area contributed by atoms with Crippen LogP contribution in [0.4, 0.5) is 19.6 Å². The van der Waals surface area contributed by atoms with E-state index >= 15 is 0 Å². The maximum Gasteiger partial charge on any atom is 0.271 e. The number of benzene rings is 1. The number of nitrogens with one attached hydrogen (secondary N) is 2. The molecule has 0 aliphatic rings. The van der Waals surface area contributed by atoms with Gasteiger partial charge in [-0.05, 0) is 25.5 Å². The number of hydrogen-bond donors (Lipinski definition) is 2. The lowest BCUT2D eigenvalue weighted by atomic mass is 10.2. The van der Waals surface area contributed by atoms with Crippen molar-refractivity contribution in [3.8, 4) is 0 Å². The van der Waals surface area contributed by atoms with Gasteiger partial charge in [0.15, 0.2) is 16.8 Å². The molecule has 2 rings (SSSR count).